The molecular weight excluding hydrogens is 665 g/mol. The van der Waals surface area contributed by atoms with Gasteiger partial charge in [0, 0.05) is 37.8 Å². The number of halogens is 2. The van der Waals surface area contributed by atoms with E-state index in [0.29, 0.717) is 24.2 Å². The number of amides is 2. The number of carbonyl (C=O) groups is 4. The SMILES string of the molecule is CN(C)c1cc(NC(=O)[C@@H]2CCCN2CC(C)(C)C)c(O)c2c1C[C@H]1C[C@H]3[C@H](N(C)C)C(=O)C(C(N)=O)=C(O)[C@@]3(O)C(=O)C1=C2O.Cl.Cl. The molecule has 1 saturated carbocycles. The summed E-state index contributed by atoms with van der Waals surface area (Å²) in [7, 11) is 6.66. The van der Waals surface area contributed by atoms with Crippen LogP contribution >= 0.6 is 24.8 Å². The number of hydrogen-bond acceptors (Lipinski definition) is 11. The molecule has 15 heteroatoms. The number of phenols is 1. The van der Waals surface area contributed by atoms with E-state index in [1.54, 1.807) is 39.2 Å². The summed E-state index contributed by atoms with van der Waals surface area (Å²) in [4.78, 5) is 58.7. The number of nitrogens with zero attached hydrogens (tertiary/aromatic N) is 3. The maximum absolute atomic E-state index is 14.2. The number of aromatic hydroxyl groups is 1. The van der Waals surface area contributed by atoms with Gasteiger partial charge in [0.05, 0.1) is 23.3 Å². The molecule has 1 aliphatic heterocycles. The molecule has 48 heavy (non-hydrogen) atoms. The van der Waals surface area contributed by atoms with Crippen molar-refractivity contribution in [2.45, 2.75) is 64.1 Å². The number of hydrogen-bond donors (Lipinski definition) is 6. The Hall–Kier alpha value is -3.36. The van der Waals surface area contributed by atoms with Crippen molar-refractivity contribution in [1.82, 2.24) is 9.80 Å². The number of ketones is 2. The van der Waals surface area contributed by atoms with Crippen molar-refractivity contribution in [3.05, 3.63) is 34.1 Å². The molecule has 13 nitrogen and oxygen atoms in total. The molecule has 1 aromatic carbocycles. The summed E-state index contributed by atoms with van der Waals surface area (Å²) < 4.78 is 0. The number of aliphatic hydroxyl groups excluding tert-OH is 2. The molecule has 7 N–H and O–H groups in total. The summed E-state index contributed by atoms with van der Waals surface area (Å²) >= 11 is 0. The van der Waals surface area contributed by atoms with Crippen LogP contribution in [0.15, 0.2) is 23.0 Å². The monoisotopic (exact) mass is 711 g/mol. The summed E-state index contributed by atoms with van der Waals surface area (Å²) in [5.41, 5.74) is 2.62. The van der Waals surface area contributed by atoms with Crippen molar-refractivity contribution in [2.24, 2.45) is 23.0 Å². The van der Waals surface area contributed by atoms with Crippen LogP contribution in [0.4, 0.5) is 11.4 Å². The van der Waals surface area contributed by atoms with Crippen LogP contribution in [0, 0.1) is 17.3 Å². The molecule has 0 unspecified atom stereocenters. The molecule has 4 aliphatic rings. The van der Waals surface area contributed by atoms with Gasteiger partial charge in [-0.15, -0.1) is 24.8 Å². The van der Waals surface area contributed by atoms with Crippen LogP contribution in [0.2, 0.25) is 0 Å². The number of nitrogens with two attached hydrogens (primary N) is 1. The Balaban J connectivity index is 0.00000312. The molecule has 5 atom stereocenters. The minimum atomic E-state index is -2.73. The molecule has 0 aromatic heterocycles. The fraction of sp³-hybridized carbons (Fsp3) is 0.576. The fourth-order valence-electron chi connectivity index (χ4n) is 7.92. The first-order valence-corrected chi connectivity index (χ1v) is 15.6. The van der Waals surface area contributed by atoms with E-state index in [9.17, 15) is 39.6 Å². The number of likely N-dealkylation sites (N-methyl/N-ethyl adjacent to an activating group) is 1. The average molecular weight is 713 g/mol. The highest BCUT2D eigenvalue weighted by Crippen LogP contribution is 2.54. The van der Waals surface area contributed by atoms with E-state index in [-0.39, 0.29) is 65.8 Å². The molecule has 3 aliphatic carbocycles. The molecule has 2 fully saturated rings. The number of Topliss-reactive ketones (excluding diaryl/α,β-unsaturated/α-hetero) is 2. The number of phenolic OH excluding ortho intramolecular Hbond substituents is 1. The first-order chi connectivity index (χ1) is 21.3. The van der Waals surface area contributed by atoms with E-state index in [4.69, 9.17) is 5.73 Å². The van der Waals surface area contributed by atoms with Gasteiger partial charge in [-0.1, -0.05) is 20.8 Å². The Bertz CT molecular complexity index is 1600. The molecule has 0 spiro atoms. The maximum Gasteiger partial charge on any atom is 0.255 e. The zero-order valence-corrected chi connectivity index (χ0v) is 29.9. The predicted octanol–water partition coefficient (Wildman–Crippen LogP) is 2.32. The number of rotatable bonds is 6. The zero-order valence-electron chi connectivity index (χ0n) is 28.3. The third-order valence-corrected chi connectivity index (χ3v) is 9.78. The Morgan fingerprint density at radius 1 is 1.10 bits per heavy atom. The van der Waals surface area contributed by atoms with Crippen molar-refractivity contribution in [2.75, 3.05) is 51.5 Å². The van der Waals surface area contributed by atoms with Crippen LogP contribution in [-0.2, 0) is 25.6 Å². The minimum Gasteiger partial charge on any atom is -0.508 e. The van der Waals surface area contributed by atoms with E-state index < -0.39 is 69.8 Å². The first-order valence-electron chi connectivity index (χ1n) is 15.6. The van der Waals surface area contributed by atoms with E-state index in [0.717, 1.165) is 13.0 Å². The summed E-state index contributed by atoms with van der Waals surface area (Å²) in [5, 5.41) is 49.1. The molecule has 0 bridgehead atoms. The predicted molar refractivity (Wildman–Crippen MR) is 186 cm³/mol. The van der Waals surface area contributed by atoms with Crippen LogP contribution < -0.4 is 16.0 Å². The number of primary amides is 1. The minimum absolute atomic E-state index is 0. The molecule has 1 saturated heterocycles. The summed E-state index contributed by atoms with van der Waals surface area (Å²) in [6, 6.07) is 0.0624. The molecule has 1 heterocycles. The standard InChI is InChI=1S/C33H45N5O8.2ClH/c1-32(2,3)14-38-10-8-9-19(38)31(45)35-18-13-20(36(4)5)16-11-15-12-17-24(37(6)7)27(41)23(30(34)44)29(43)33(17,46)28(42)21(15)26(40)22(16)25(18)39;;/h13,15,17,19,24,39-40,43,46H,8-12,14H2,1-7H3,(H2,34,44)(H,35,45);2*1H/t15-,17-,19-,24-,33-;;/m0../s1. The number of anilines is 2. The van der Waals surface area contributed by atoms with Crippen molar-refractivity contribution in [3.8, 4) is 5.75 Å². The molecule has 2 amide bonds. The quantitative estimate of drug-likeness (QED) is 0.187. The topological polar surface area (TPSA) is 197 Å². The van der Waals surface area contributed by atoms with Gasteiger partial charge in [-0.25, -0.2) is 0 Å². The Morgan fingerprint density at radius 2 is 1.73 bits per heavy atom. The van der Waals surface area contributed by atoms with Crippen LogP contribution in [-0.4, -0.2) is 113 Å². The van der Waals surface area contributed by atoms with Gasteiger partial charge in [-0.2, -0.15) is 0 Å². The number of benzene rings is 1. The van der Waals surface area contributed by atoms with Crippen molar-refractivity contribution < 1.29 is 39.6 Å². The van der Waals surface area contributed by atoms with Crippen molar-refractivity contribution in [3.63, 3.8) is 0 Å². The van der Waals surface area contributed by atoms with Gasteiger partial charge in [0.2, 0.25) is 11.7 Å². The smallest absolute Gasteiger partial charge is 0.255 e. The second kappa shape index (κ2) is 13.5. The Labute approximate surface area is 292 Å². The van der Waals surface area contributed by atoms with Gasteiger partial charge in [-0.3, -0.25) is 29.0 Å². The highest BCUT2D eigenvalue weighted by molar-refractivity contribution is 6.24. The molecule has 0 radical (unpaired) electrons. The average Bonchev–Trinajstić information content (AvgIpc) is 3.38. The number of fused-ring (bicyclic) bond motifs is 3. The summed E-state index contributed by atoms with van der Waals surface area (Å²) in [6.07, 6.45) is 1.64. The molecule has 5 rings (SSSR count). The summed E-state index contributed by atoms with van der Waals surface area (Å²) in [6.45, 7) is 7.79. The Kier molecular flexibility index (Phi) is 11.0. The second-order valence-electron chi connectivity index (χ2n) is 14.7. The van der Waals surface area contributed by atoms with Crippen LogP contribution in [0.1, 0.15) is 51.2 Å². The van der Waals surface area contributed by atoms with Crippen molar-refractivity contribution in [1.29, 1.82) is 0 Å². The maximum atomic E-state index is 14.2. The summed E-state index contributed by atoms with van der Waals surface area (Å²) in [5.74, 6) is -7.54. The molecule has 266 valence electrons. The van der Waals surface area contributed by atoms with Crippen LogP contribution in [0.25, 0.3) is 5.76 Å². The van der Waals surface area contributed by atoms with Gasteiger partial charge < -0.3 is 36.4 Å². The van der Waals surface area contributed by atoms with Crippen LogP contribution in [0.3, 0.4) is 0 Å². The fourth-order valence-corrected chi connectivity index (χ4v) is 7.92. The lowest BCUT2D eigenvalue weighted by Gasteiger charge is -2.50. The first kappa shape index (κ1) is 39.1. The van der Waals surface area contributed by atoms with Gasteiger partial charge in [0.1, 0.15) is 22.8 Å². The van der Waals surface area contributed by atoms with Gasteiger partial charge in [0.15, 0.2) is 11.4 Å². The lowest BCUT2D eigenvalue weighted by Crippen LogP contribution is -2.65. The number of likely N-dealkylation sites (tertiary alicyclic amines) is 1. The number of carbonyl (C=O) groups excluding carboxylic acids is 4. The third-order valence-electron chi connectivity index (χ3n) is 9.78. The van der Waals surface area contributed by atoms with E-state index in [1.807, 2.05) is 0 Å². The largest absolute Gasteiger partial charge is 0.508 e. The second-order valence-corrected chi connectivity index (χ2v) is 14.7. The lowest BCUT2D eigenvalue weighted by molar-refractivity contribution is -0.153. The molecular formula is C33H47Cl2N5O8. The third kappa shape index (κ3) is 6.15. The van der Waals surface area contributed by atoms with Crippen molar-refractivity contribution >= 4 is 65.3 Å². The van der Waals surface area contributed by atoms with Gasteiger partial charge in [-0.05, 0) is 69.3 Å². The number of nitrogens with one attached hydrogen (secondary N) is 1. The highest BCUT2D eigenvalue weighted by Gasteiger charge is 2.64. The Morgan fingerprint density at radius 3 is 2.27 bits per heavy atom. The van der Waals surface area contributed by atoms with Crippen LogP contribution in [0.5, 0.6) is 5.75 Å². The lowest BCUT2D eigenvalue weighted by atomic mass is 9.57. The number of aliphatic hydroxyl groups is 3. The van der Waals surface area contributed by atoms with E-state index in [1.165, 1.54) is 4.90 Å². The van der Waals surface area contributed by atoms with Gasteiger partial charge >= 0.3 is 0 Å². The van der Waals surface area contributed by atoms with E-state index in [2.05, 4.69) is 31.0 Å². The van der Waals surface area contributed by atoms with E-state index >= 15 is 0 Å². The van der Waals surface area contributed by atoms with Gasteiger partial charge in [0.25, 0.3) is 5.91 Å². The highest BCUT2D eigenvalue weighted by atomic mass is 35.5. The zero-order chi connectivity index (χ0) is 34.2. The normalized spacial score (nSPS) is 27.1. The molecule has 1 aromatic rings.